The van der Waals surface area contributed by atoms with E-state index >= 15 is 0 Å². The second kappa shape index (κ2) is 9.24. The summed E-state index contributed by atoms with van der Waals surface area (Å²) < 4.78 is 36.4. The summed E-state index contributed by atoms with van der Waals surface area (Å²) in [6, 6.07) is 23.2. The maximum absolute atomic E-state index is 13.6. The number of rotatable bonds is 6. The molecule has 0 amide bonds. The molecule has 1 atom stereocenters. The van der Waals surface area contributed by atoms with Gasteiger partial charge in [0.1, 0.15) is 5.75 Å². The Kier molecular flexibility index (Phi) is 6.11. The molecule has 1 saturated heterocycles. The molecule has 38 heavy (non-hydrogen) atoms. The number of fused-ring (bicyclic) bond motifs is 4. The first-order valence-corrected chi connectivity index (χ1v) is 14.3. The van der Waals surface area contributed by atoms with Crippen LogP contribution in [0.4, 0.5) is 0 Å². The lowest BCUT2D eigenvalue weighted by Crippen LogP contribution is -2.67. The Morgan fingerprint density at radius 1 is 1.00 bits per heavy atom. The fourth-order valence-corrected chi connectivity index (χ4v) is 7.98. The standard InChI is InChI=1S/C30H33N3O4S/c1-21-9-12-24(13-10-21)38(35,36)33-19-30(20-33)18-32(16-22-7-5-4-6-8-22)27(17-34)29-28(30)25-14-11-23(37-3)15-26(25)31(29)2/h4-15,27,34H,16-20H2,1-3H3/t27-/m1/s1. The number of aliphatic hydroxyl groups is 1. The molecule has 7 nitrogen and oxygen atoms in total. The summed E-state index contributed by atoms with van der Waals surface area (Å²) in [5.41, 5.74) is 5.02. The predicted molar refractivity (Wildman–Crippen MR) is 148 cm³/mol. The van der Waals surface area contributed by atoms with Crippen LogP contribution < -0.4 is 4.74 Å². The van der Waals surface area contributed by atoms with E-state index in [1.165, 1.54) is 0 Å². The second-order valence-electron chi connectivity index (χ2n) is 10.7. The summed E-state index contributed by atoms with van der Waals surface area (Å²) in [5.74, 6) is 0.767. The fraction of sp³-hybridized carbons (Fsp3) is 0.333. The number of nitrogens with zero attached hydrogens (tertiary/aromatic N) is 3. The van der Waals surface area contributed by atoms with Crippen molar-refractivity contribution in [2.24, 2.45) is 7.05 Å². The van der Waals surface area contributed by atoms with Gasteiger partial charge in [0.25, 0.3) is 0 Å². The van der Waals surface area contributed by atoms with Crippen LogP contribution in [-0.2, 0) is 29.0 Å². The average molecular weight is 532 g/mol. The predicted octanol–water partition coefficient (Wildman–Crippen LogP) is 3.99. The Bertz CT molecular complexity index is 1590. The number of hydrogen-bond donors (Lipinski definition) is 1. The zero-order valence-electron chi connectivity index (χ0n) is 22.0. The molecule has 8 heteroatoms. The van der Waals surface area contributed by atoms with Crippen LogP contribution in [0, 0.1) is 6.92 Å². The molecule has 198 valence electrons. The van der Waals surface area contributed by atoms with Crippen molar-refractivity contribution in [2.45, 2.75) is 29.8 Å². The molecular weight excluding hydrogens is 498 g/mol. The van der Waals surface area contributed by atoms with Crippen LogP contribution in [0.2, 0.25) is 0 Å². The van der Waals surface area contributed by atoms with E-state index < -0.39 is 10.0 Å². The SMILES string of the molecule is COc1ccc2c3c(n(C)c2c1)[C@@H](CO)N(Cc1ccccc1)CC31CN(S(=O)(=O)c2ccc(C)cc2)C1. The lowest BCUT2D eigenvalue weighted by atomic mass is 9.70. The molecule has 3 heterocycles. The van der Waals surface area contributed by atoms with Gasteiger partial charge in [-0.3, -0.25) is 4.90 Å². The highest BCUT2D eigenvalue weighted by atomic mass is 32.2. The minimum absolute atomic E-state index is 0.0252. The van der Waals surface area contributed by atoms with Crippen molar-refractivity contribution in [3.63, 3.8) is 0 Å². The van der Waals surface area contributed by atoms with E-state index in [-0.39, 0.29) is 18.1 Å². The number of hydrogen-bond acceptors (Lipinski definition) is 5. The van der Waals surface area contributed by atoms with Gasteiger partial charge in [0, 0.05) is 55.8 Å². The van der Waals surface area contributed by atoms with E-state index in [0.717, 1.165) is 39.0 Å². The Labute approximate surface area is 223 Å². The third-order valence-corrected chi connectivity index (χ3v) is 10.1. The van der Waals surface area contributed by atoms with E-state index in [9.17, 15) is 13.5 Å². The third kappa shape index (κ3) is 3.86. The maximum Gasteiger partial charge on any atom is 0.243 e. The minimum atomic E-state index is -3.61. The molecule has 1 N–H and O–H groups in total. The van der Waals surface area contributed by atoms with Crippen molar-refractivity contribution < 1.29 is 18.3 Å². The van der Waals surface area contributed by atoms with Crippen LogP contribution in [-0.4, -0.2) is 60.6 Å². The number of aromatic nitrogens is 1. The number of ether oxygens (including phenoxy) is 1. The normalized spacial score (nSPS) is 19.4. The van der Waals surface area contributed by atoms with E-state index in [1.807, 2.05) is 56.4 Å². The summed E-state index contributed by atoms with van der Waals surface area (Å²) in [6.07, 6.45) is 0. The Balaban J connectivity index is 1.46. The smallest absolute Gasteiger partial charge is 0.243 e. The van der Waals surface area contributed by atoms with Crippen molar-refractivity contribution in [3.05, 3.63) is 95.2 Å². The topological polar surface area (TPSA) is 75.0 Å². The largest absolute Gasteiger partial charge is 0.497 e. The summed E-state index contributed by atoms with van der Waals surface area (Å²) >= 11 is 0. The van der Waals surface area contributed by atoms with Crippen molar-refractivity contribution in [1.29, 1.82) is 0 Å². The molecule has 0 unspecified atom stereocenters. The molecule has 2 aliphatic heterocycles. The van der Waals surface area contributed by atoms with Gasteiger partial charge in [-0.15, -0.1) is 0 Å². The lowest BCUT2D eigenvalue weighted by Gasteiger charge is -2.55. The van der Waals surface area contributed by atoms with Crippen LogP contribution in [0.1, 0.15) is 28.4 Å². The summed E-state index contributed by atoms with van der Waals surface area (Å²) in [6.45, 7) is 4.04. The van der Waals surface area contributed by atoms with Gasteiger partial charge in [0.05, 0.1) is 30.2 Å². The van der Waals surface area contributed by atoms with Gasteiger partial charge in [-0.2, -0.15) is 4.31 Å². The molecule has 1 spiro atoms. The van der Waals surface area contributed by atoms with Gasteiger partial charge >= 0.3 is 0 Å². The lowest BCUT2D eigenvalue weighted by molar-refractivity contribution is 0.0241. The number of methoxy groups -OCH3 is 1. The molecule has 0 aliphatic carbocycles. The fourth-order valence-electron chi connectivity index (χ4n) is 6.36. The van der Waals surface area contributed by atoms with Crippen molar-refractivity contribution in [2.75, 3.05) is 33.4 Å². The molecule has 6 rings (SSSR count). The Morgan fingerprint density at radius 3 is 2.37 bits per heavy atom. The van der Waals surface area contributed by atoms with Crippen LogP contribution >= 0.6 is 0 Å². The molecule has 3 aromatic carbocycles. The second-order valence-corrected chi connectivity index (χ2v) is 12.6. The van der Waals surface area contributed by atoms with E-state index in [1.54, 1.807) is 23.5 Å². The Morgan fingerprint density at radius 2 is 1.71 bits per heavy atom. The highest BCUT2D eigenvalue weighted by Gasteiger charge is 2.56. The van der Waals surface area contributed by atoms with Crippen LogP contribution in [0.5, 0.6) is 5.75 Å². The number of aryl methyl sites for hydroxylation is 2. The minimum Gasteiger partial charge on any atom is -0.497 e. The van der Waals surface area contributed by atoms with Crippen LogP contribution in [0.15, 0.2) is 77.7 Å². The summed E-state index contributed by atoms with van der Waals surface area (Å²) in [5, 5.41) is 11.8. The maximum atomic E-state index is 13.6. The van der Waals surface area contributed by atoms with Gasteiger partial charge in [-0.05, 0) is 42.3 Å². The molecule has 0 saturated carbocycles. The van der Waals surface area contributed by atoms with Crippen LogP contribution in [0.3, 0.4) is 0 Å². The quantitative estimate of drug-likeness (QED) is 0.407. The van der Waals surface area contributed by atoms with Crippen molar-refractivity contribution in [1.82, 2.24) is 13.8 Å². The molecule has 0 bridgehead atoms. The highest BCUT2D eigenvalue weighted by Crippen LogP contribution is 2.51. The summed E-state index contributed by atoms with van der Waals surface area (Å²) in [7, 11) is 0.0755. The van der Waals surface area contributed by atoms with E-state index in [0.29, 0.717) is 31.1 Å². The first-order valence-electron chi connectivity index (χ1n) is 12.9. The molecule has 0 radical (unpaired) electrons. The highest BCUT2D eigenvalue weighted by molar-refractivity contribution is 7.89. The van der Waals surface area contributed by atoms with Gasteiger partial charge < -0.3 is 14.4 Å². The first kappa shape index (κ1) is 25.1. The number of sulfonamides is 1. The van der Waals surface area contributed by atoms with Gasteiger partial charge in [0.2, 0.25) is 10.0 Å². The van der Waals surface area contributed by atoms with Crippen molar-refractivity contribution in [3.8, 4) is 5.75 Å². The van der Waals surface area contributed by atoms with Gasteiger partial charge in [-0.1, -0.05) is 48.0 Å². The number of aliphatic hydroxyl groups excluding tert-OH is 1. The summed E-state index contributed by atoms with van der Waals surface area (Å²) in [4.78, 5) is 2.63. The molecule has 4 aromatic rings. The molecule has 1 fully saturated rings. The van der Waals surface area contributed by atoms with Gasteiger partial charge in [0.15, 0.2) is 0 Å². The molecular formula is C30H33N3O4S. The van der Waals surface area contributed by atoms with Crippen molar-refractivity contribution >= 4 is 20.9 Å². The third-order valence-electron chi connectivity index (χ3n) is 8.26. The molecule has 2 aliphatic rings. The molecule has 1 aromatic heterocycles. The Hall–Kier alpha value is -3.17. The average Bonchev–Trinajstić information content (AvgIpc) is 3.19. The van der Waals surface area contributed by atoms with Crippen LogP contribution in [0.25, 0.3) is 10.9 Å². The van der Waals surface area contributed by atoms with Gasteiger partial charge in [-0.25, -0.2) is 8.42 Å². The first-order chi connectivity index (χ1) is 18.3. The van der Waals surface area contributed by atoms with E-state index in [2.05, 4.69) is 27.7 Å². The monoisotopic (exact) mass is 531 g/mol. The zero-order chi connectivity index (χ0) is 26.7. The number of benzene rings is 3. The zero-order valence-corrected chi connectivity index (χ0v) is 22.8. The van der Waals surface area contributed by atoms with E-state index in [4.69, 9.17) is 4.74 Å².